The Morgan fingerprint density at radius 2 is 1.44 bits per heavy atom. The van der Waals surface area contributed by atoms with E-state index < -0.39 is 0 Å². The first-order valence-corrected chi connectivity index (χ1v) is 2.66. The maximum Gasteiger partial charge on any atom is 0.302 e. The molecule has 0 N–H and O–H groups in total. The molecule has 0 radical (unpaired) electrons. The minimum Gasteiger partial charge on any atom is -0.469 e. The normalized spacial score (nSPS) is 7.78. The van der Waals surface area contributed by atoms with Crippen LogP contribution in [0.15, 0.2) is 0 Å². The molecule has 0 aromatic carbocycles. The Labute approximate surface area is 56.6 Å². The summed E-state index contributed by atoms with van der Waals surface area (Å²) in [5.74, 6) is -0.245. The summed E-state index contributed by atoms with van der Waals surface area (Å²) in [6.45, 7) is 1.36. The summed E-state index contributed by atoms with van der Waals surface area (Å²) in [6, 6.07) is 0. The summed E-state index contributed by atoms with van der Waals surface area (Å²) in [7, 11) is 7.35. The zero-order valence-corrected chi connectivity index (χ0v) is 6.76. The molecule has 0 aromatic heterocycles. The molecule has 0 bridgehead atoms. The van der Waals surface area contributed by atoms with Gasteiger partial charge in [-0.05, 0) is 21.1 Å². The highest BCUT2D eigenvalue weighted by Gasteiger charge is 1.75. The average molecular weight is 133 g/mol. The van der Waals surface area contributed by atoms with Crippen LogP contribution in [0.3, 0.4) is 0 Å². The van der Waals surface area contributed by atoms with Crippen LogP contribution in [0.2, 0.25) is 0 Å². The highest BCUT2D eigenvalue weighted by Crippen LogP contribution is 1.60. The van der Waals surface area contributed by atoms with Gasteiger partial charge in [0, 0.05) is 6.92 Å². The number of hydrogen-bond donors (Lipinski definition) is 0. The van der Waals surface area contributed by atoms with Gasteiger partial charge >= 0.3 is 5.97 Å². The van der Waals surface area contributed by atoms with Gasteiger partial charge < -0.3 is 9.64 Å². The van der Waals surface area contributed by atoms with Crippen molar-refractivity contribution in [1.29, 1.82) is 0 Å². The Balaban J connectivity index is 0. The number of carbonyl (C=O) groups excluding carboxylic acids is 1. The minimum atomic E-state index is -0.245. The van der Waals surface area contributed by atoms with Crippen molar-refractivity contribution in [1.82, 2.24) is 4.90 Å². The van der Waals surface area contributed by atoms with E-state index in [-0.39, 0.29) is 5.97 Å². The molecule has 0 rings (SSSR count). The molecule has 0 heterocycles. The highest BCUT2D eigenvalue weighted by atomic mass is 16.5. The lowest BCUT2D eigenvalue weighted by Crippen LogP contribution is -1.99. The number of hydrogen-bond acceptors (Lipinski definition) is 3. The highest BCUT2D eigenvalue weighted by molar-refractivity contribution is 5.65. The molecule has 0 aliphatic carbocycles. The predicted molar refractivity (Wildman–Crippen MR) is 37.3 cm³/mol. The summed E-state index contributed by atoms with van der Waals surface area (Å²) < 4.78 is 4.11. The lowest BCUT2D eigenvalue weighted by Gasteiger charge is -1.90. The lowest BCUT2D eigenvalue weighted by molar-refractivity contribution is -0.137. The summed E-state index contributed by atoms with van der Waals surface area (Å²) in [4.78, 5) is 11.6. The molecule has 56 valence electrons. The number of ether oxygens (including phenoxy) is 1. The molecule has 0 aliphatic rings. The molecule has 0 saturated heterocycles. The molecule has 0 aliphatic heterocycles. The third kappa shape index (κ3) is 107. The number of carbonyl (C=O) groups is 1. The van der Waals surface area contributed by atoms with E-state index in [0.29, 0.717) is 0 Å². The molecule has 9 heavy (non-hydrogen) atoms. The number of methoxy groups -OCH3 is 1. The third-order valence-corrected chi connectivity index (χ3v) is 0.287. The summed E-state index contributed by atoms with van der Waals surface area (Å²) in [5, 5.41) is 0. The molecule has 0 fully saturated rings. The van der Waals surface area contributed by atoms with Crippen LogP contribution in [0.25, 0.3) is 0 Å². The summed E-state index contributed by atoms with van der Waals surface area (Å²) >= 11 is 0. The van der Waals surface area contributed by atoms with E-state index in [1.165, 1.54) is 14.0 Å². The van der Waals surface area contributed by atoms with E-state index in [9.17, 15) is 4.79 Å². The molecule has 0 atom stereocenters. The molecule has 0 aromatic rings. The molecule has 3 nitrogen and oxygen atoms in total. The van der Waals surface area contributed by atoms with Crippen molar-refractivity contribution < 1.29 is 9.53 Å². The fourth-order valence-electron chi connectivity index (χ4n) is 0. The fraction of sp³-hybridized carbons (Fsp3) is 0.833. The van der Waals surface area contributed by atoms with Crippen molar-refractivity contribution in [3.63, 3.8) is 0 Å². The molecule has 0 amide bonds. The first-order chi connectivity index (χ1) is 4.00. The van der Waals surface area contributed by atoms with Crippen LogP contribution in [0.4, 0.5) is 0 Å². The van der Waals surface area contributed by atoms with Gasteiger partial charge in [0.15, 0.2) is 0 Å². The zero-order valence-electron chi connectivity index (χ0n) is 6.76. The fourth-order valence-corrected chi connectivity index (χ4v) is 0. The molecule has 0 spiro atoms. The van der Waals surface area contributed by atoms with Gasteiger partial charge in [0.05, 0.1) is 7.11 Å². The van der Waals surface area contributed by atoms with E-state index in [1.807, 2.05) is 26.0 Å². The van der Waals surface area contributed by atoms with E-state index in [0.717, 1.165) is 0 Å². The number of esters is 1. The molecular weight excluding hydrogens is 118 g/mol. The Morgan fingerprint density at radius 1 is 1.33 bits per heavy atom. The zero-order chi connectivity index (χ0) is 7.86. The Bertz CT molecular complexity index is 68.7. The molecule has 0 unspecified atom stereocenters. The van der Waals surface area contributed by atoms with Gasteiger partial charge in [0.2, 0.25) is 0 Å². The number of nitrogens with zero attached hydrogens (tertiary/aromatic N) is 1. The second-order valence-electron chi connectivity index (χ2n) is 2.04. The summed E-state index contributed by atoms with van der Waals surface area (Å²) in [6.07, 6.45) is 0. The third-order valence-electron chi connectivity index (χ3n) is 0.287. The van der Waals surface area contributed by atoms with Gasteiger partial charge in [-0.25, -0.2) is 0 Å². The second kappa shape index (κ2) is 7.43. The van der Waals surface area contributed by atoms with Gasteiger partial charge in [-0.2, -0.15) is 0 Å². The van der Waals surface area contributed by atoms with E-state index in [1.54, 1.807) is 0 Å². The van der Waals surface area contributed by atoms with E-state index in [4.69, 9.17) is 0 Å². The predicted octanol–water partition coefficient (Wildman–Crippen LogP) is 0.357. The van der Waals surface area contributed by atoms with Gasteiger partial charge in [-0.3, -0.25) is 4.79 Å². The maximum atomic E-state index is 9.59. The van der Waals surface area contributed by atoms with Crippen LogP contribution in [0.1, 0.15) is 6.92 Å². The van der Waals surface area contributed by atoms with Crippen LogP contribution in [0.5, 0.6) is 0 Å². The Morgan fingerprint density at radius 3 is 1.44 bits per heavy atom. The maximum absolute atomic E-state index is 9.59. The summed E-state index contributed by atoms with van der Waals surface area (Å²) in [5.41, 5.74) is 0. The van der Waals surface area contributed by atoms with Crippen LogP contribution in [-0.4, -0.2) is 39.1 Å². The lowest BCUT2D eigenvalue weighted by atomic mass is 10.8. The van der Waals surface area contributed by atoms with Crippen molar-refractivity contribution in [2.24, 2.45) is 0 Å². The first kappa shape index (κ1) is 11.3. The standard InChI is InChI=1S/C3H9N.C3H6O2/c1-4(2)3;1-3(4)5-2/h1-3H3;1-2H3. The molecular formula is C6H15NO2. The number of rotatable bonds is 0. The smallest absolute Gasteiger partial charge is 0.302 e. The van der Waals surface area contributed by atoms with Crippen molar-refractivity contribution in [2.75, 3.05) is 28.3 Å². The SMILES string of the molecule is CN(C)C.COC(C)=O. The van der Waals surface area contributed by atoms with Crippen molar-refractivity contribution >= 4 is 5.97 Å². The van der Waals surface area contributed by atoms with Gasteiger partial charge in [-0.1, -0.05) is 0 Å². The van der Waals surface area contributed by atoms with Crippen molar-refractivity contribution in [2.45, 2.75) is 6.92 Å². The van der Waals surface area contributed by atoms with Crippen LogP contribution < -0.4 is 0 Å². The Hall–Kier alpha value is -0.570. The van der Waals surface area contributed by atoms with Crippen LogP contribution in [-0.2, 0) is 9.53 Å². The van der Waals surface area contributed by atoms with Gasteiger partial charge in [0.25, 0.3) is 0 Å². The van der Waals surface area contributed by atoms with Crippen molar-refractivity contribution in [3.05, 3.63) is 0 Å². The van der Waals surface area contributed by atoms with Crippen LogP contribution >= 0.6 is 0 Å². The average Bonchev–Trinajstić information content (AvgIpc) is 1.65. The quantitative estimate of drug-likeness (QED) is 0.447. The topological polar surface area (TPSA) is 29.5 Å². The molecule has 0 saturated carbocycles. The van der Waals surface area contributed by atoms with Crippen LogP contribution in [0, 0.1) is 0 Å². The van der Waals surface area contributed by atoms with Gasteiger partial charge in [-0.15, -0.1) is 0 Å². The largest absolute Gasteiger partial charge is 0.469 e. The minimum absolute atomic E-state index is 0.245. The second-order valence-corrected chi connectivity index (χ2v) is 2.04. The first-order valence-electron chi connectivity index (χ1n) is 2.66. The Kier molecular flexibility index (Phi) is 9.29. The monoisotopic (exact) mass is 133 g/mol. The van der Waals surface area contributed by atoms with E-state index in [2.05, 4.69) is 4.74 Å². The van der Waals surface area contributed by atoms with Gasteiger partial charge in [0.1, 0.15) is 0 Å². The van der Waals surface area contributed by atoms with E-state index >= 15 is 0 Å². The van der Waals surface area contributed by atoms with Crippen molar-refractivity contribution in [3.8, 4) is 0 Å². The molecule has 3 heteroatoms.